The highest BCUT2D eigenvalue weighted by Gasteiger charge is 2.42. The van der Waals surface area contributed by atoms with Gasteiger partial charge in [0.05, 0.1) is 0 Å². The molecule has 0 saturated heterocycles. The SMILES string of the molecule is Cc1nc2nc(C(F)(F)F)nn2c(C)c1CCC(=O)NC1(C(=O)O)CCCC1. The molecule has 8 nitrogen and oxygen atoms in total. The maximum absolute atomic E-state index is 12.8. The Bertz CT molecular complexity index is 932. The Morgan fingerprint density at radius 1 is 1.21 bits per heavy atom. The van der Waals surface area contributed by atoms with Crippen LogP contribution in [-0.4, -0.2) is 42.1 Å². The number of nitrogens with one attached hydrogen (secondary N) is 1. The fraction of sp³-hybridized carbons (Fsp3) is 0.588. The van der Waals surface area contributed by atoms with Gasteiger partial charge in [-0.3, -0.25) is 4.79 Å². The number of hydrogen-bond acceptors (Lipinski definition) is 5. The lowest BCUT2D eigenvalue weighted by Gasteiger charge is -2.25. The zero-order valence-corrected chi connectivity index (χ0v) is 15.4. The fourth-order valence-electron chi connectivity index (χ4n) is 3.63. The van der Waals surface area contributed by atoms with Crippen LogP contribution in [0.4, 0.5) is 13.2 Å². The van der Waals surface area contributed by atoms with Crippen LogP contribution in [0.2, 0.25) is 0 Å². The Kier molecular flexibility index (Phi) is 5.02. The van der Waals surface area contributed by atoms with E-state index >= 15 is 0 Å². The van der Waals surface area contributed by atoms with Crippen molar-refractivity contribution < 1.29 is 27.9 Å². The van der Waals surface area contributed by atoms with Crippen LogP contribution in [0.15, 0.2) is 0 Å². The minimum Gasteiger partial charge on any atom is -0.480 e. The van der Waals surface area contributed by atoms with Gasteiger partial charge in [-0.1, -0.05) is 12.8 Å². The van der Waals surface area contributed by atoms with Crippen molar-refractivity contribution in [1.82, 2.24) is 24.9 Å². The highest BCUT2D eigenvalue weighted by atomic mass is 19.4. The smallest absolute Gasteiger partial charge is 0.453 e. The number of carboxylic acid groups (broad SMARTS) is 1. The lowest BCUT2D eigenvalue weighted by atomic mass is 9.97. The molecule has 0 spiro atoms. The topological polar surface area (TPSA) is 109 Å². The normalized spacial score (nSPS) is 16.5. The number of halogens is 3. The van der Waals surface area contributed by atoms with E-state index < -0.39 is 29.4 Å². The van der Waals surface area contributed by atoms with Gasteiger partial charge in [0.25, 0.3) is 11.6 Å². The van der Waals surface area contributed by atoms with E-state index in [2.05, 4.69) is 20.4 Å². The van der Waals surface area contributed by atoms with Crippen molar-refractivity contribution in [3.63, 3.8) is 0 Å². The van der Waals surface area contributed by atoms with Crippen LogP contribution in [-0.2, 0) is 22.2 Å². The van der Waals surface area contributed by atoms with Gasteiger partial charge in [-0.05, 0) is 38.7 Å². The molecule has 0 atom stereocenters. The minimum atomic E-state index is -4.68. The summed E-state index contributed by atoms with van der Waals surface area (Å²) in [5, 5.41) is 15.5. The monoisotopic (exact) mass is 399 g/mol. The number of nitrogens with zero attached hydrogens (tertiary/aromatic N) is 4. The summed E-state index contributed by atoms with van der Waals surface area (Å²) in [6, 6.07) is 0. The maximum atomic E-state index is 12.8. The summed E-state index contributed by atoms with van der Waals surface area (Å²) < 4.78 is 39.5. The molecule has 1 aliphatic carbocycles. The Hall–Kier alpha value is -2.72. The maximum Gasteiger partial charge on any atom is 0.453 e. The minimum absolute atomic E-state index is 0.00920. The third kappa shape index (κ3) is 3.65. The predicted octanol–water partition coefficient (Wildman–Crippen LogP) is 2.21. The molecule has 28 heavy (non-hydrogen) atoms. The Morgan fingerprint density at radius 2 is 1.86 bits per heavy atom. The predicted molar refractivity (Wildman–Crippen MR) is 90.6 cm³/mol. The first-order chi connectivity index (χ1) is 13.0. The van der Waals surface area contributed by atoms with E-state index in [1.165, 1.54) is 0 Å². The van der Waals surface area contributed by atoms with Crippen LogP contribution in [0.5, 0.6) is 0 Å². The van der Waals surface area contributed by atoms with Gasteiger partial charge in [0.2, 0.25) is 5.91 Å². The molecule has 0 aliphatic heterocycles. The number of alkyl halides is 3. The summed E-state index contributed by atoms with van der Waals surface area (Å²) >= 11 is 0. The number of aliphatic carboxylic acids is 1. The first kappa shape index (κ1) is 20.0. The molecule has 2 N–H and O–H groups in total. The average Bonchev–Trinajstić information content (AvgIpc) is 3.22. The number of aromatic nitrogens is 4. The molecular weight excluding hydrogens is 379 g/mol. The number of amides is 1. The molecule has 152 valence electrons. The standard InChI is InChI=1S/C17H20F3N5O3/c1-9-11(5-6-12(26)23-16(14(27)28)7-3-4-8-16)10(2)25-15(21-9)22-13(24-25)17(18,19)20/h3-8H2,1-2H3,(H,23,26)(H,27,28). The molecule has 2 heterocycles. The number of carboxylic acids is 1. The average molecular weight is 399 g/mol. The highest BCUT2D eigenvalue weighted by molar-refractivity contribution is 5.87. The molecule has 0 aromatic carbocycles. The molecule has 1 amide bonds. The molecule has 3 rings (SSSR count). The second-order valence-corrected chi connectivity index (χ2v) is 7.05. The molecule has 2 aromatic heterocycles. The van der Waals surface area contributed by atoms with Gasteiger partial charge in [0.15, 0.2) is 0 Å². The third-order valence-corrected chi connectivity index (χ3v) is 5.15. The molecule has 0 radical (unpaired) electrons. The summed E-state index contributed by atoms with van der Waals surface area (Å²) in [7, 11) is 0. The molecule has 11 heteroatoms. The van der Waals surface area contributed by atoms with Crippen LogP contribution in [0.25, 0.3) is 5.78 Å². The molecule has 0 bridgehead atoms. The van der Waals surface area contributed by atoms with Gasteiger partial charge >= 0.3 is 12.1 Å². The first-order valence-corrected chi connectivity index (χ1v) is 8.88. The zero-order valence-electron chi connectivity index (χ0n) is 15.4. The van der Waals surface area contributed by atoms with Crippen molar-refractivity contribution in [2.45, 2.75) is 64.1 Å². The van der Waals surface area contributed by atoms with E-state index in [0.29, 0.717) is 29.8 Å². The number of aryl methyl sites for hydroxylation is 2. The first-order valence-electron chi connectivity index (χ1n) is 8.88. The Morgan fingerprint density at radius 3 is 2.43 bits per heavy atom. The number of carbonyl (C=O) groups excluding carboxylic acids is 1. The highest BCUT2D eigenvalue weighted by Crippen LogP contribution is 2.30. The summed E-state index contributed by atoms with van der Waals surface area (Å²) in [5.41, 5.74) is 0.216. The van der Waals surface area contributed by atoms with E-state index in [0.717, 1.165) is 17.4 Å². The number of fused-ring (bicyclic) bond motifs is 1. The zero-order chi connectivity index (χ0) is 20.7. The molecule has 1 aliphatic rings. The number of hydrogen-bond donors (Lipinski definition) is 2. The second kappa shape index (κ2) is 7.02. The van der Waals surface area contributed by atoms with Gasteiger partial charge in [-0.2, -0.15) is 18.2 Å². The number of rotatable bonds is 5. The van der Waals surface area contributed by atoms with Crippen molar-refractivity contribution in [2.24, 2.45) is 0 Å². The molecule has 0 unspecified atom stereocenters. The van der Waals surface area contributed by atoms with E-state index in [1.54, 1.807) is 13.8 Å². The summed E-state index contributed by atoms with van der Waals surface area (Å²) in [4.78, 5) is 31.3. The van der Waals surface area contributed by atoms with Gasteiger partial charge < -0.3 is 10.4 Å². The van der Waals surface area contributed by atoms with Gasteiger partial charge in [-0.25, -0.2) is 14.3 Å². The van der Waals surface area contributed by atoms with Crippen LogP contribution in [0.1, 0.15) is 54.9 Å². The molecule has 1 saturated carbocycles. The van der Waals surface area contributed by atoms with E-state index in [-0.39, 0.29) is 18.6 Å². The Labute approximate surface area is 158 Å². The summed E-state index contributed by atoms with van der Waals surface area (Å²) in [5.74, 6) is -2.90. The van der Waals surface area contributed by atoms with Crippen molar-refractivity contribution >= 4 is 17.7 Å². The van der Waals surface area contributed by atoms with Crippen molar-refractivity contribution in [1.29, 1.82) is 0 Å². The lowest BCUT2D eigenvalue weighted by Crippen LogP contribution is -2.52. The van der Waals surface area contributed by atoms with Crippen molar-refractivity contribution in [2.75, 3.05) is 0 Å². The molecule has 2 aromatic rings. The summed E-state index contributed by atoms with van der Waals surface area (Å²) in [6.07, 6.45) is -2.25. The van der Waals surface area contributed by atoms with Gasteiger partial charge in [-0.15, -0.1) is 5.10 Å². The van der Waals surface area contributed by atoms with Crippen LogP contribution in [0.3, 0.4) is 0 Å². The van der Waals surface area contributed by atoms with E-state index in [4.69, 9.17) is 0 Å². The summed E-state index contributed by atoms with van der Waals surface area (Å²) in [6.45, 7) is 3.21. The van der Waals surface area contributed by atoms with Gasteiger partial charge in [0, 0.05) is 17.8 Å². The van der Waals surface area contributed by atoms with E-state index in [1.807, 2.05) is 0 Å². The molecular formula is C17H20F3N5O3. The Balaban J connectivity index is 1.78. The number of carbonyl (C=O) groups is 2. The second-order valence-electron chi connectivity index (χ2n) is 7.05. The van der Waals surface area contributed by atoms with E-state index in [9.17, 15) is 27.9 Å². The van der Waals surface area contributed by atoms with Crippen molar-refractivity contribution in [3.05, 3.63) is 22.8 Å². The van der Waals surface area contributed by atoms with Gasteiger partial charge in [0.1, 0.15) is 5.54 Å². The van der Waals surface area contributed by atoms with Crippen LogP contribution in [0, 0.1) is 13.8 Å². The van der Waals surface area contributed by atoms with Crippen molar-refractivity contribution in [3.8, 4) is 0 Å². The van der Waals surface area contributed by atoms with Crippen LogP contribution >= 0.6 is 0 Å². The lowest BCUT2D eigenvalue weighted by molar-refractivity contribution is -0.147. The quantitative estimate of drug-likeness (QED) is 0.798. The van der Waals surface area contributed by atoms with Crippen LogP contribution < -0.4 is 5.32 Å². The fourth-order valence-corrected chi connectivity index (χ4v) is 3.63. The third-order valence-electron chi connectivity index (χ3n) is 5.15. The molecule has 1 fully saturated rings. The largest absolute Gasteiger partial charge is 0.480 e.